The van der Waals surface area contributed by atoms with E-state index in [9.17, 15) is 4.79 Å². The molecule has 0 amide bonds. The lowest BCUT2D eigenvalue weighted by atomic mass is 10.2. The highest BCUT2D eigenvalue weighted by Gasteiger charge is 2.10. The first-order valence-electron chi connectivity index (χ1n) is 6.48. The second kappa shape index (κ2) is 5.89. The third kappa shape index (κ3) is 3.01. The van der Waals surface area contributed by atoms with E-state index in [4.69, 9.17) is 5.11 Å². The fourth-order valence-electron chi connectivity index (χ4n) is 2.13. The van der Waals surface area contributed by atoms with Crippen LogP contribution in [-0.4, -0.2) is 16.1 Å². The Morgan fingerprint density at radius 3 is 2.52 bits per heavy atom. The highest BCUT2D eigenvalue weighted by molar-refractivity contribution is 8.08. The molecule has 4 heteroatoms. The number of H-pyrrole nitrogens is 1. The summed E-state index contributed by atoms with van der Waals surface area (Å²) in [6.07, 6.45) is 3.16. The lowest BCUT2D eigenvalue weighted by Crippen LogP contribution is -1.90. The standard InChI is InChI=1S/C17H13NO2S/c19-17(20)10-15(12-6-2-1-3-7-12)21-16-11-18-14-9-5-4-8-13(14)16/h1-11,18H,(H,19,20). The molecule has 1 heterocycles. The number of rotatable bonds is 4. The predicted octanol–water partition coefficient (Wildman–Crippen LogP) is 4.39. The van der Waals surface area contributed by atoms with Crippen LogP contribution < -0.4 is 0 Å². The van der Waals surface area contributed by atoms with Crippen LogP contribution in [0.1, 0.15) is 5.56 Å². The van der Waals surface area contributed by atoms with E-state index in [1.807, 2.05) is 60.8 Å². The van der Waals surface area contributed by atoms with Gasteiger partial charge in [0.05, 0.1) is 0 Å². The van der Waals surface area contributed by atoms with Crippen molar-refractivity contribution in [3.8, 4) is 0 Å². The van der Waals surface area contributed by atoms with Gasteiger partial charge in [-0.25, -0.2) is 4.79 Å². The van der Waals surface area contributed by atoms with E-state index in [0.717, 1.165) is 21.4 Å². The van der Waals surface area contributed by atoms with Gasteiger partial charge in [-0.3, -0.25) is 0 Å². The van der Waals surface area contributed by atoms with Gasteiger partial charge in [0, 0.05) is 33.0 Å². The number of aromatic nitrogens is 1. The van der Waals surface area contributed by atoms with Gasteiger partial charge < -0.3 is 10.1 Å². The molecule has 2 N–H and O–H groups in total. The molecule has 0 fully saturated rings. The second-order valence-corrected chi connectivity index (χ2v) is 5.60. The highest BCUT2D eigenvalue weighted by Crippen LogP contribution is 2.37. The SMILES string of the molecule is O=C(O)C=C(Sc1c[nH]c2ccccc12)c1ccccc1. The Hall–Kier alpha value is -2.46. The zero-order valence-corrected chi connectivity index (χ0v) is 11.9. The van der Waals surface area contributed by atoms with Gasteiger partial charge in [0.15, 0.2) is 0 Å². The van der Waals surface area contributed by atoms with Crippen LogP contribution in [-0.2, 0) is 4.79 Å². The molecule has 0 saturated heterocycles. The number of nitrogens with one attached hydrogen (secondary N) is 1. The Labute approximate surface area is 126 Å². The molecule has 0 atom stereocenters. The minimum atomic E-state index is -0.943. The largest absolute Gasteiger partial charge is 0.478 e. The smallest absolute Gasteiger partial charge is 0.329 e. The van der Waals surface area contributed by atoms with Gasteiger partial charge in [0.1, 0.15) is 0 Å². The fraction of sp³-hybridized carbons (Fsp3) is 0. The van der Waals surface area contributed by atoms with Crippen molar-refractivity contribution in [1.29, 1.82) is 0 Å². The number of carboxylic acids is 1. The highest BCUT2D eigenvalue weighted by atomic mass is 32.2. The molecular weight excluding hydrogens is 282 g/mol. The van der Waals surface area contributed by atoms with Crippen LogP contribution in [0.5, 0.6) is 0 Å². The maximum Gasteiger partial charge on any atom is 0.329 e. The van der Waals surface area contributed by atoms with E-state index in [-0.39, 0.29) is 0 Å². The van der Waals surface area contributed by atoms with E-state index in [0.29, 0.717) is 4.91 Å². The van der Waals surface area contributed by atoms with Gasteiger partial charge in [-0.15, -0.1) is 0 Å². The Morgan fingerprint density at radius 2 is 1.76 bits per heavy atom. The van der Waals surface area contributed by atoms with E-state index >= 15 is 0 Å². The van der Waals surface area contributed by atoms with Crippen LogP contribution in [0.25, 0.3) is 15.8 Å². The van der Waals surface area contributed by atoms with Crippen molar-refractivity contribution in [3.63, 3.8) is 0 Å². The van der Waals surface area contributed by atoms with Crippen LogP contribution in [0, 0.1) is 0 Å². The zero-order chi connectivity index (χ0) is 14.7. The first kappa shape index (κ1) is 13.5. The summed E-state index contributed by atoms with van der Waals surface area (Å²) >= 11 is 1.46. The van der Waals surface area contributed by atoms with Gasteiger partial charge in [-0.2, -0.15) is 0 Å². The lowest BCUT2D eigenvalue weighted by Gasteiger charge is -2.06. The predicted molar refractivity (Wildman–Crippen MR) is 86.2 cm³/mol. The summed E-state index contributed by atoms with van der Waals surface area (Å²) in [5, 5.41) is 10.2. The monoisotopic (exact) mass is 295 g/mol. The van der Waals surface area contributed by atoms with Crippen LogP contribution in [0.15, 0.2) is 71.8 Å². The summed E-state index contributed by atoms with van der Waals surface area (Å²) in [5.41, 5.74) is 1.94. The topological polar surface area (TPSA) is 53.1 Å². The van der Waals surface area contributed by atoms with Crippen LogP contribution in [0.2, 0.25) is 0 Å². The van der Waals surface area contributed by atoms with Gasteiger partial charge in [-0.1, -0.05) is 60.3 Å². The molecule has 0 saturated carbocycles. The Bertz CT molecular complexity index is 806. The molecule has 21 heavy (non-hydrogen) atoms. The summed E-state index contributed by atoms with van der Waals surface area (Å²) in [6, 6.07) is 17.5. The summed E-state index contributed by atoms with van der Waals surface area (Å²) in [7, 11) is 0. The summed E-state index contributed by atoms with van der Waals surface area (Å²) < 4.78 is 0. The van der Waals surface area contributed by atoms with Crippen LogP contribution in [0.3, 0.4) is 0 Å². The van der Waals surface area contributed by atoms with Crippen molar-refractivity contribution in [2.75, 3.05) is 0 Å². The quantitative estimate of drug-likeness (QED) is 0.554. The summed E-state index contributed by atoms with van der Waals surface area (Å²) in [6.45, 7) is 0. The minimum Gasteiger partial charge on any atom is -0.478 e. The third-order valence-electron chi connectivity index (χ3n) is 3.08. The third-order valence-corrected chi connectivity index (χ3v) is 4.22. The molecule has 0 spiro atoms. The number of hydrogen-bond acceptors (Lipinski definition) is 2. The average Bonchev–Trinajstić information content (AvgIpc) is 2.90. The number of aliphatic carboxylic acids is 1. The van der Waals surface area contributed by atoms with E-state index in [2.05, 4.69) is 4.98 Å². The van der Waals surface area contributed by atoms with Crippen molar-refractivity contribution < 1.29 is 9.90 Å². The number of hydrogen-bond donors (Lipinski definition) is 2. The summed E-state index contributed by atoms with van der Waals surface area (Å²) in [5.74, 6) is -0.943. The van der Waals surface area contributed by atoms with E-state index in [1.54, 1.807) is 0 Å². The number of thioether (sulfide) groups is 1. The van der Waals surface area contributed by atoms with E-state index < -0.39 is 5.97 Å². The minimum absolute atomic E-state index is 0.716. The zero-order valence-electron chi connectivity index (χ0n) is 11.1. The molecule has 1 aromatic heterocycles. The molecule has 0 aliphatic carbocycles. The van der Waals surface area contributed by atoms with Crippen molar-refractivity contribution >= 4 is 33.5 Å². The number of carboxylic acid groups (broad SMARTS) is 1. The first-order valence-corrected chi connectivity index (χ1v) is 7.30. The van der Waals surface area contributed by atoms with E-state index in [1.165, 1.54) is 17.8 Å². The van der Waals surface area contributed by atoms with Crippen molar-refractivity contribution in [1.82, 2.24) is 4.98 Å². The number of fused-ring (bicyclic) bond motifs is 1. The molecule has 3 nitrogen and oxygen atoms in total. The lowest BCUT2D eigenvalue weighted by molar-refractivity contribution is -0.131. The van der Waals surface area contributed by atoms with Crippen LogP contribution >= 0.6 is 11.8 Å². The number of carbonyl (C=O) groups is 1. The first-order chi connectivity index (χ1) is 10.2. The van der Waals surface area contributed by atoms with Gasteiger partial charge in [-0.05, 0) is 11.6 Å². The van der Waals surface area contributed by atoms with Gasteiger partial charge in [0.25, 0.3) is 0 Å². The molecule has 0 bridgehead atoms. The van der Waals surface area contributed by atoms with Gasteiger partial charge in [0.2, 0.25) is 0 Å². The Kier molecular flexibility index (Phi) is 3.79. The number of para-hydroxylation sites is 1. The molecule has 3 rings (SSSR count). The second-order valence-electron chi connectivity index (χ2n) is 4.51. The number of benzene rings is 2. The maximum absolute atomic E-state index is 11.1. The summed E-state index contributed by atoms with van der Waals surface area (Å²) in [4.78, 5) is 16.0. The van der Waals surface area contributed by atoms with Crippen molar-refractivity contribution in [3.05, 3.63) is 72.4 Å². The molecule has 0 aliphatic heterocycles. The Balaban J connectivity index is 2.01. The molecule has 104 valence electrons. The van der Waals surface area contributed by atoms with Crippen molar-refractivity contribution in [2.45, 2.75) is 4.90 Å². The normalized spacial score (nSPS) is 11.7. The molecule has 2 aromatic carbocycles. The molecular formula is C17H13NO2S. The molecule has 0 radical (unpaired) electrons. The Morgan fingerprint density at radius 1 is 1.05 bits per heavy atom. The molecule has 3 aromatic rings. The fourth-order valence-corrected chi connectivity index (χ4v) is 3.19. The maximum atomic E-state index is 11.1. The average molecular weight is 295 g/mol. The molecule has 0 aliphatic rings. The molecule has 0 unspecified atom stereocenters. The van der Waals surface area contributed by atoms with Crippen molar-refractivity contribution in [2.24, 2.45) is 0 Å². The number of aromatic amines is 1. The van der Waals surface area contributed by atoms with Crippen LogP contribution in [0.4, 0.5) is 0 Å². The van der Waals surface area contributed by atoms with Gasteiger partial charge >= 0.3 is 5.97 Å².